The average molecular weight is 321 g/mol. The Hall–Kier alpha value is -1.26. The van der Waals surface area contributed by atoms with Gasteiger partial charge in [0.15, 0.2) is 0 Å². The summed E-state index contributed by atoms with van der Waals surface area (Å²) in [5, 5.41) is 0. The van der Waals surface area contributed by atoms with E-state index in [4.69, 9.17) is 4.74 Å². The molecule has 0 radical (unpaired) electrons. The number of ether oxygens (including phenoxy) is 1. The smallest absolute Gasteiger partial charge is 0.246 e. The van der Waals surface area contributed by atoms with Crippen LogP contribution in [0.5, 0.6) is 0 Å². The van der Waals surface area contributed by atoms with Crippen LogP contribution in [0.25, 0.3) is 6.08 Å². The normalized spacial score (nSPS) is 11.3. The van der Waals surface area contributed by atoms with Gasteiger partial charge in [0.25, 0.3) is 0 Å². The highest BCUT2D eigenvalue weighted by atomic mass is 32.2. The number of thioether (sulfide) groups is 1. The number of hydrogen-bond acceptors (Lipinski definition) is 3. The minimum Gasteiger partial charge on any atom is -0.383 e. The van der Waals surface area contributed by atoms with E-state index in [0.29, 0.717) is 13.2 Å². The molecule has 0 aliphatic rings. The fraction of sp³-hybridized carbons (Fsp3) is 0.500. The van der Waals surface area contributed by atoms with Crippen LogP contribution < -0.4 is 0 Å². The Labute approximate surface area is 138 Å². The summed E-state index contributed by atoms with van der Waals surface area (Å²) in [4.78, 5) is 15.6. The van der Waals surface area contributed by atoms with Crippen molar-refractivity contribution >= 4 is 23.7 Å². The third-order valence-electron chi connectivity index (χ3n) is 3.74. The van der Waals surface area contributed by atoms with Crippen LogP contribution in [0.15, 0.2) is 35.2 Å². The first kappa shape index (κ1) is 18.8. The first-order valence-electron chi connectivity index (χ1n) is 7.77. The van der Waals surface area contributed by atoms with E-state index in [0.717, 1.165) is 18.4 Å². The molecule has 0 bridgehead atoms. The number of methoxy groups -OCH3 is 1. The third kappa shape index (κ3) is 5.85. The van der Waals surface area contributed by atoms with Crippen LogP contribution in [0, 0.1) is 0 Å². The molecule has 0 saturated heterocycles. The van der Waals surface area contributed by atoms with Crippen molar-refractivity contribution in [2.75, 3.05) is 26.5 Å². The summed E-state index contributed by atoms with van der Waals surface area (Å²) in [7, 11) is 1.67. The highest BCUT2D eigenvalue weighted by Crippen LogP contribution is 2.16. The van der Waals surface area contributed by atoms with E-state index in [2.05, 4.69) is 32.2 Å². The zero-order chi connectivity index (χ0) is 16.4. The lowest BCUT2D eigenvalue weighted by molar-refractivity contribution is -0.129. The first-order valence-corrected chi connectivity index (χ1v) is 9.00. The monoisotopic (exact) mass is 321 g/mol. The molecule has 1 amide bonds. The maximum atomic E-state index is 12.5. The summed E-state index contributed by atoms with van der Waals surface area (Å²) >= 11 is 1.71. The maximum Gasteiger partial charge on any atom is 0.246 e. The molecule has 0 fully saturated rings. The molecule has 0 spiro atoms. The van der Waals surface area contributed by atoms with Crippen molar-refractivity contribution in [2.24, 2.45) is 0 Å². The Morgan fingerprint density at radius 2 is 1.91 bits per heavy atom. The van der Waals surface area contributed by atoms with E-state index in [1.54, 1.807) is 24.9 Å². The van der Waals surface area contributed by atoms with Gasteiger partial charge in [-0.1, -0.05) is 26.0 Å². The summed E-state index contributed by atoms with van der Waals surface area (Å²) in [5.74, 6) is 0.0553. The SMILES string of the molecule is CCC(CC)N(CCOC)C(=O)/C=C/c1ccc(SC)cc1. The zero-order valence-corrected chi connectivity index (χ0v) is 14.9. The van der Waals surface area contributed by atoms with Gasteiger partial charge in [0.1, 0.15) is 0 Å². The second-order valence-corrected chi connectivity index (χ2v) is 5.98. The fourth-order valence-electron chi connectivity index (χ4n) is 2.37. The Morgan fingerprint density at radius 1 is 1.27 bits per heavy atom. The van der Waals surface area contributed by atoms with Gasteiger partial charge in [-0.3, -0.25) is 4.79 Å². The molecule has 0 saturated carbocycles. The lowest BCUT2D eigenvalue weighted by atomic mass is 10.1. The number of carbonyl (C=O) groups is 1. The first-order chi connectivity index (χ1) is 10.7. The standard InChI is InChI=1S/C18H27NO2S/c1-5-16(6-2)19(13-14-21-3)18(20)12-9-15-7-10-17(22-4)11-8-15/h7-12,16H,5-6,13-14H2,1-4H3/b12-9+. The van der Waals surface area contributed by atoms with E-state index in [9.17, 15) is 4.79 Å². The Kier molecular flexibility index (Phi) is 8.94. The van der Waals surface area contributed by atoms with Crippen LogP contribution in [-0.4, -0.2) is 43.4 Å². The molecule has 0 aliphatic heterocycles. The van der Waals surface area contributed by atoms with Crippen LogP contribution >= 0.6 is 11.8 Å². The Balaban J connectivity index is 2.77. The van der Waals surface area contributed by atoms with Gasteiger partial charge < -0.3 is 9.64 Å². The molecule has 4 heteroatoms. The van der Waals surface area contributed by atoms with Crippen molar-refractivity contribution in [1.82, 2.24) is 4.90 Å². The molecule has 122 valence electrons. The van der Waals surface area contributed by atoms with Gasteiger partial charge in [0.05, 0.1) is 6.61 Å². The largest absolute Gasteiger partial charge is 0.383 e. The summed E-state index contributed by atoms with van der Waals surface area (Å²) in [6.07, 6.45) is 7.53. The number of rotatable bonds is 9. The minimum absolute atomic E-state index is 0.0553. The predicted octanol–water partition coefficient (Wildman–Crippen LogP) is 4.09. The van der Waals surface area contributed by atoms with Gasteiger partial charge in [0, 0.05) is 30.7 Å². The second-order valence-electron chi connectivity index (χ2n) is 5.10. The van der Waals surface area contributed by atoms with Gasteiger partial charge >= 0.3 is 0 Å². The Morgan fingerprint density at radius 3 is 2.41 bits per heavy atom. The lowest BCUT2D eigenvalue weighted by Gasteiger charge is -2.29. The molecule has 0 unspecified atom stereocenters. The molecular formula is C18H27NO2S. The van der Waals surface area contributed by atoms with E-state index in [-0.39, 0.29) is 11.9 Å². The Bertz CT molecular complexity index is 466. The third-order valence-corrected chi connectivity index (χ3v) is 4.48. The molecule has 1 aromatic carbocycles. The van der Waals surface area contributed by atoms with Crippen molar-refractivity contribution in [1.29, 1.82) is 0 Å². The van der Waals surface area contributed by atoms with E-state index in [1.807, 2.05) is 23.1 Å². The number of amides is 1. The second kappa shape index (κ2) is 10.5. The molecule has 22 heavy (non-hydrogen) atoms. The number of hydrogen-bond donors (Lipinski definition) is 0. The van der Waals surface area contributed by atoms with Crippen molar-refractivity contribution in [3.05, 3.63) is 35.9 Å². The molecule has 0 aliphatic carbocycles. The van der Waals surface area contributed by atoms with Crippen molar-refractivity contribution in [2.45, 2.75) is 37.6 Å². The molecule has 0 atom stereocenters. The maximum absolute atomic E-state index is 12.5. The molecule has 0 N–H and O–H groups in total. The molecule has 1 aromatic rings. The van der Waals surface area contributed by atoms with Gasteiger partial charge in [0.2, 0.25) is 5.91 Å². The van der Waals surface area contributed by atoms with Crippen LogP contribution in [0.4, 0.5) is 0 Å². The predicted molar refractivity (Wildman–Crippen MR) is 95.2 cm³/mol. The van der Waals surface area contributed by atoms with E-state index < -0.39 is 0 Å². The lowest BCUT2D eigenvalue weighted by Crippen LogP contribution is -2.40. The zero-order valence-electron chi connectivity index (χ0n) is 14.0. The van der Waals surface area contributed by atoms with E-state index in [1.165, 1.54) is 4.90 Å². The van der Waals surface area contributed by atoms with Gasteiger partial charge in [-0.15, -0.1) is 11.8 Å². The summed E-state index contributed by atoms with van der Waals surface area (Å²) in [6.45, 7) is 5.44. The highest BCUT2D eigenvalue weighted by molar-refractivity contribution is 7.98. The number of benzene rings is 1. The van der Waals surface area contributed by atoms with Crippen LogP contribution in [0.2, 0.25) is 0 Å². The molecule has 0 heterocycles. The number of nitrogens with zero attached hydrogens (tertiary/aromatic N) is 1. The fourth-order valence-corrected chi connectivity index (χ4v) is 2.78. The van der Waals surface area contributed by atoms with Crippen LogP contribution in [0.3, 0.4) is 0 Å². The van der Waals surface area contributed by atoms with Crippen molar-refractivity contribution < 1.29 is 9.53 Å². The van der Waals surface area contributed by atoms with Crippen LogP contribution in [0.1, 0.15) is 32.3 Å². The van der Waals surface area contributed by atoms with E-state index >= 15 is 0 Å². The summed E-state index contributed by atoms with van der Waals surface area (Å²) < 4.78 is 5.13. The van der Waals surface area contributed by atoms with Gasteiger partial charge in [-0.25, -0.2) is 0 Å². The molecule has 0 aromatic heterocycles. The summed E-state index contributed by atoms with van der Waals surface area (Å²) in [6, 6.07) is 8.47. The quantitative estimate of drug-likeness (QED) is 0.507. The minimum atomic E-state index is 0.0553. The molecule has 3 nitrogen and oxygen atoms in total. The van der Waals surface area contributed by atoms with Crippen molar-refractivity contribution in [3.8, 4) is 0 Å². The summed E-state index contributed by atoms with van der Waals surface area (Å²) in [5.41, 5.74) is 1.04. The number of carbonyl (C=O) groups excluding carboxylic acids is 1. The van der Waals surface area contributed by atoms with Gasteiger partial charge in [-0.2, -0.15) is 0 Å². The molecular weight excluding hydrogens is 294 g/mol. The topological polar surface area (TPSA) is 29.5 Å². The highest BCUT2D eigenvalue weighted by Gasteiger charge is 2.18. The van der Waals surface area contributed by atoms with Crippen molar-refractivity contribution in [3.63, 3.8) is 0 Å². The average Bonchev–Trinajstić information content (AvgIpc) is 2.57. The van der Waals surface area contributed by atoms with Crippen LogP contribution in [-0.2, 0) is 9.53 Å². The molecule has 1 rings (SSSR count). The van der Waals surface area contributed by atoms with Gasteiger partial charge in [-0.05, 0) is 42.9 Å².